The first-order chi connectivity index (χ1) is 10.2. The van der Waals surface area contributed by atoms with Gasteiger partial charge in [-0.05, 0) is 56.8 Å². The summed E-state index contributed by atoms with van der Waals surface area (Å²) in [4.78, 5) is 3.95. The molecule has 0 aliphatic carbocycles. The highest BCUT2D eigenvalue weighted by Gasteiger charge is 2.29. The van der Waals surface area contributed by atoms with Crippen molar-refractivity contribution in [2.45, 2.75) is 64.5 Å². The van der Waals surface area contributed by atoms with Gasteiger partial charge in [-0.1, -0.05) is 38.3 Å². The maximum absolute atomic E-state index is 6.46. The van der Waals surface area contributed by atoms with E-state index in [1.54, 1.807) is 11.3 Å². The van der Waals surface area contributed by atoms with Gasteiger partial charge in [0.1, 0.15) is 0 Å². The molecule has 2 rings (SSSR count). The van der Waals surface area contributed by atoms with Crippen molar-refractivity contribution in [2.24, 2.45) is 11.7 Å². The molecule has 2 N–H and O–H groups in total. The highest BCUT2D eigenvalue weighted by Crippen LogP contribution is 2.35. The molecule has 0 amide bonds. The molecule has 120 valence electrons. The van der Waals surface area contributed by atoms with Gasteiger partial charge in [-0.3, -0.25) is 4.90 Å². The predicted octanol–water partition coefficient (Wildman–Crippen LogP) is 5.08. The van der Waals surface area contributed by atoms with Gasteiger partial charge < -0.3 is 5.73 Å². The molecule has 1 aromatic rings. The van der Waals surface area contributed by atoms with Crippen LogP contribution < -0.4 is 5.73 Å². The summed E-state index contributed by atoms with van der Waals surface area (Å²) in [5.74, 6) is 0.908. The topological polar surface area (TPSA) is 29.3 Å². The summed E-state index contributed by atoms with van der Waals surface area (Å²) >= 11 is 7.84. The minimum Gasteiger partial charge on any atom is -0.326 e. The Balaban J connectivity index is 2.10. The molecule has 0 spiro atoms. The maximum Gasteiger partial charge on any atom is 0.0931 e. The zero-order valence-electron chi connectivity index (χ0n) is 13.4. The van der Waals surface area contributed by atoms with E-state index < -0.39 is 0 Å². The number of hydrogen-bond acceptors (Lipinski definition) is 3. The lowest BCUT2D eigenvalue weighted by Gasteiger charge is -2.34. The Labute approximate surface area is 138 Å². The highest BCUT2D eigenvalue weighted by atomic mass is 35.5. The number of halogens is 1. The van der Waals surface area contributed by atoms with Gasteiger partial charge in [-0.2, -0.15) is 0 Å². The molecule has 3 atom stereocenters. The number of nitrogens with two attached hydrogens (primary N) is 1. The zero-order chi connectivity index (χ0) is 15.2. The van der Waals surface area contributed by atoms with Crippen molar-refractivity contribution < 1.29 is 0 Å². The molecule has 1 saturated heterocycles. The second-order valence-corrected chi connectivity index (χ2v) is 8.03. The van der Waals surface area contributed by atoms with Crippen LogP contribution in [0.1, 0.15) is 63.3 Å². The van der Waals surface area contributed by atoms with E-state index in [1.165, 1.54) is 50.1 Å². The fraction of sp³-hybridized carbons (Fsp3) is 0.765. The van der Waals surface area contributed by atoms with Crippen molar-refractivity contribution in [2.75, 3.05) is 13.1 Å². The molecule has 21 heavy (non-hydrogen) atoms. The number of thiophene rings is 1. The largest absolute Gasteiger partial charge is 0.326 e. The summed E-state index contributed by atoms with van der Waals surface area (Å²) < 4.78 is 0.872. The van der Waals surface area contributed by atoms with Gasteiger partial charge >= 0.3 is 0 Å². The van der Waals surface area contributed by atoms with Crippen LogP contribution in [0.3, 0.4) is 0 Å². The molecule has 0 radical (unpaired) electrons. The SMILES string of the molecule is CCCC1CCCN(C(c2ccc(Cl)s2)C(N)CC)CC1. The quantitative estimate of drug-likeness (QED) is 0.788. The molecule has 1 fully saturated rings. The molecule has 2 nitrogen and oxygen atoms in total. The molecule has 1 aliphatic rings. The lowest BCUT2D eigenvalue weighted by molar-refractivity contribution is 0.176. The zero-order valence-corrected chi connectivity index (χ0v) is 14.9. The number of nitrogens with zero attached hydrogens (tertiary/aromatic N) is 1. The van der Waals surface area contributed by atoms with Crippen LogP contribution in [0.2, 0.25) is 4.34 Å². The van der Waals surface area contributed by atoms with Crippen LogP contribution in [-0.2, 0) is 0 Å². The Morgan fingerprint density at radius 3 is 2.76 bits per heavy atom. The van der Waals surface area contributed by atoms with E-state index in [-0.39, 0.29) is 6.04 Å². The average Bonchev–Trinajstić information content (AvgIpc) is 2.76. The van der Waals surface area contributed by atoms with E-state index >= 15 is 0 Å². The molecule has 0 aromatic carbocycles. The summed E-state index contributed by atoms with van der Waals surface area (Å²) in [6.07, 6.45) is 7.70. The number of likely N-dealkylation sites (tertiary alicyclic amines) is 1. The van der Waals surface area contributed by atoms with Crippen molar-refractivity contribution in [3.05, 3.63) is 21.3 Å². The van der Waals surface area contributed by atoms with Crippen LogP contribution >= 0.6 is 22.9 Å². The second kappa shape index (κ2) is 8.52. The Morgan fingerprint density at radius 1 is 1.33 bits per heavy atom. The molecular formula is C17H29ClN2S. The molecule has 3 unspecified atom stereocenters. The van der Waals surface area contributed by atoms with E-state index in [0.29, 0.717) is 6.04 Å². The first kappa shape index (κ1) is 17.3. The summed E-state index contributed by atoms with van der Waals surface area (Å²) in [6, 6.07) is 4.71. The van der Waals surface area contributed by atoms with Gasteiger partial charge in [0.05, 0.1) is 10.4 Å². The van der Waals surface area contributed by atoms with Crippen LogP contribution in [0, 0.1) is 5.92 Å². The third-order valence-corrected chi connectivity index (χ3v) is 6.04. The first-order valence-electron chi connectivity index (χ1n) is 8.40. The Morgan fingerprint density at radius 2 is 2.14 bits per heavy atom. The van der Waals surface area contributed by atoms with Gasteiger partial charge in [-0.25, -0.2) is 0 Å². The fourth-order valence-corrected chi connectivity index (χ4v) is 4.81. The van der Waals surface area contributed by atoms with Gasteiger partial charge in [0, 0.05) is 10.9 Å². The summed E-state index contributed by atoms with van der Waals surface area (Å²) in [7, 11) is 0. The summed E-state index contributed by atoms with van der Waals surface area (Å²) in [5, 5.41) is 0. The molecule has 2 heterocycles. The van der Waals surface area contributed by atoms with Crippen molar-refractivity contribution in [3.8, 4) is 0 Å². The van der Waals surface area contributed by atoms with Gasteiger partial charge in [0.25, 0.3) is 0 Å². The Bertz CT molecular complexity index is 421. The molecule has 0 saturated carbocycles. The van der Waals surface area contributed by atoms with E-state index in [1.807, 2.05) is 6.07 Å². The van der Waals surface area contributed by atoms with Crippen LogP contribution in [0.5, 0.6) is 0 Å². The Hall–Kier alpha value is -0.0900. The second-order valence-electron chi connectivity index (χ2n) is 6.28. The van der Waals surface area contributed by atoms with Crippen molar-refractivity contribution in [3.63, 3.8) is 0 Å². The lowest BCUT2D eigenvalue weighted by atomic mass is 9.96. The van der Waals surface area contributed by atoms with E-state index in [2.05, 4.69) is 24.8 Å². The van der Waals surface area contributed by atoms with Gasteiger partial charge in [0.2, 0.25) is 0 Å². The average molecular weight is 329 g/mol. The van der Waals surface area contributed by atoms with Crippen LogP contribution in [0.4, 0.5) is 0 Å². The van der Waals surface area contributed by atoms with Gasteiger partial charge in [-0.15, -0.1) is 11.3 Å². The van der Waals surface area contributed by atoms with E-state index in [4.69, 9.17) is 17.3 Å². The maximum atomic E-state index is 6.46. The third-order valence-electron chi connectivity index (χ3n) is 4.74. The molecule has 0 bridgehead atoms. The smallest absolute Gasteiger partial charge is 0.0931 e. The molecule has 4 heteroatoms. The third kappa shape index (κ3) is 4.69. The number of hydrogen-bond donors (Lipinski definition) is 1. The molecule has 1 aliphatic heterocycles. The minimum absolute atomic E-state index is 0.197. The van der Waals surface area contributed by atoms with Crippen LogP contribution in [0.25, 0.3) is 0 Å². The van der Waals surface area contributed by atoms with E-state index in [0.717, 1.165) is 16.7 Å². The van der Waals surface area contributed by atoms with E-state index in [9.17, 15) is 0 Å². The normalized spacial score (nSPS) is 23.7. The van der Waals surface area contributed by atoms with Crippen molar-refractivity contribution >= 4 is 22.9 Å². The van der Waals surface area contributed by atoms with Crippen molar-refractivity contribution in [1.82, 2.24) is 4.90 Å². The highest BCUT2D eigenvalue weighted by molar-refractivity contribution is 7.16. The molecular weight excluding hydrogens is 300 g/mol. The summed E-state index contributed by atoms with van der Waals surface area (Å²) in [6.45, 7) is 6.84. The fourth-order valence-electron chi connectivity index (χ4n) is 3.53. The molecule has 1 aromatic heterocycles. The summed E-state index contributed by atoms with van der Waals surface area (Å²) in [5.41, 5.74) is 6.46. The van der Waals surface area contributed by atoms with Crippen LogP contribution in [0.15, 0.2) is 12.1 Å². The van der Waals surface area contributed by atoms with Gasteiger partial charge in [0.15, 0.2) is 0 Å². The standard InChI is InChI=1S/C17H29ClN2S/c1-3-6-13-7-5-11-20(12-10-13)17(14(19)4-2)15-8-9-16(18)21-15/h8-9,13-14,17H,3-7,10-12,19H2,1-2H3. The monoisotopic (exact) mass is 328 g/mol. The lowest BCUT2D eigenvalue weighted by Crippen LogP contribution is -2.41. The minimum atomic E-state index is 0.197. The predicted molar refractivity (Wildman–Crippen MR) is 94.2 cm³/mol. The van der Waals surface area contributed by atoms with Crippen LogP contribution in [-0.4, -0.2) is 24.0 Å². The first-order valence-corrected chi connectivity index (χ1v) is 9.60. The van der Waals surface area contributed by atoms with Crippen molar-refractivity contribution in [1.29, 1.82) is 0 Å². The number of rotatable bonds is 6. The Kier molecular flexibility index (Phi) is 7.00.